The molecular formula is C17H25N5O3. The number of hydrogen-bond donors (Lipinski definition) is 2. The summed E-state index contributed by atoms with van der Waals surface area (Å²) in [6, 6.07) is 1.89. The Kier molecular flexibility index (Phi) is 5.19. The van der Waals surface area contributed by atoms with Gasteiger partial charge in [0.05, 0.1) is 36.7 Å². The normalized spacial score (nSPS) is 19.7. The van der Waals surface area contributed by atoms with Crippen LogP contribution in [0.2, 0.25) is 0 Å². The van der Waals surface area contributed by atoms with Gasteiger partial charge in [0.1, 0.15) is 0 Å². The van der Waals surface area contributed by atoms with Crippen LogP contribution in [0.15, 0.2) is 12.3 Å². The van der Waals surface area contributed by atoms with Crippen molar-refractivity contribution in [2.24, 2.45) is 0 Å². The van der Waals surface area contributed by atoms with E-state index in [2.05, 4.69) is 15.3 Å². The lowest BCUT2D eigenvalue weighted by molar-refractivity contribution is -0.00703. The molecule has 0 fully saturated rings. The minimum Gasteiger partial charge on any atom is -0.395 e. The van der Waals surface area contributed by atoms with Crippen LogP contribution in [0.25, 0.3) is 0 Å². The summed E-state index contributed by atoms with van der Waals surface area (Å²) in [6.07, 6.45) is 2.30. The largest absolute Gasteiger partial charge is 0.395 e. The highest BCUT2D eigenvalue weighted by Crippen LogP contribution is 2.30. The van der Waals surface area contributed by atoms with Crippen molar-refractivity contribution in [3.8, 4) is 0 Å². The van der Waals surface area contributed by atoms with E-state index in [1.807, 2.05) is 31.5 Å². The number of rotatable bonds is 6. The Balaban J connectivity index is 1.87. The van der Waals surface area contributed by atoms with E-state index in [9.17, 15) is 9.90 Å². The summed E-state index contributed by atoms with van der Waals surface area (Å²) in [5.41, 5.74) is 3.14. The lowest BCUT2D eigenvalue weighted by atomic mass is 9.99. The molecule has 1 aliphatic heterocycles. The second kappa shape index (κ2) is 7.37. The van der Waals surface area contributed by atoms with E-state index in [1.165, 1.54) is 0 Å². The van der Waals surface area contributed by atoms with E-state index < -0.39 is 0 Å². The fourth-order valence-corrected chi connectivity index (χ4v) is 3.35. The monoisotopic (exact) mass is 347 g/mol. The van der Waals surface area contributed by atoms with Gasteiger partial charge in [0.25, 0.3) is 5.91 Å². The maximum atomic E-state index is 13.1. The van der Waals surface area contributed by atoms with Crippen molar-refractivity contribution >= 4 is 5.91 Å². The first-order valence-electron chi connectivity index (χ1n) is 8.68. The van der Waals surface area contributed by atoms with Crippen LogP contribution in [-0.2, 0) is 24.2 Å². The average Bonchev–Trinajstić information content (AvgIpc) is 3.20. The number of H-pyrrole nitrogens is 1. The standard InChI is InChI=1S/C17H25N5O3/c1-4-22-13(5-6-18-22)10-21(7-8-23)17(24)16-14-9-11(2)25-12(3)15(14)19-20-16/h5-6,11-12,23H,4,7-10H2,1-3H3,(H,19,20)/t11-,12+/m0/s1. The summed E-state index contributed by atoms with van der Waals surface area (Å²) >= 11 is 0. The molecule has 2 aromatic heterocycles. The van der Waals surface area contributed by atoms with Crippen LogP contribution in [0.1, 0.15) is 54.3 Å². The lowest BCUT2D eigenvalue weighted by Crippen LogP contribution is -2.35. The van der Waals surface area contributed by atoms with Gasteiger partial charge in [0.2, 0.25) is 0 Å². The Bertz CT molecular complexity index is 738. The smallest absolute Gasteiger partial charge is 0.275 e. The number of nitrogens with one attached hydrogen (secondary N) is 1. The zero-order valence-electron chi connectivity index (χ0n) is 14.9. The highest BCUT2D eigenvalue weighted by molar-refractivity contribution is 5.94. The molecule has 0 spiro atoms. The van der Waals surface area contributed by atoms with Crippen molar-refractivity contribution in [3.63, 3.8) is 0 Å². The van der Waals surface area contributed by atoms with E-state index >= 15 is 0 Å². The molecule has 25 heavy (non-hydrogen) atoms. The van der Waals surface area contributed by atoms with Crippen molar-refractivity contribution in [1.82, 2.24) is 24.9 Å². The number of fused-ring (bicyclic) bond motifs is 1. The first kappa shape index (κ1) is 17.6. The van der Waals surface area contributed by atoms with Crippen LogP contribution in [0, 0.1) is 0 Å². The number of aryl methyl sites for hydroxylation is 1. The zero-order valence-corrected chi connectivity index (χ0v) is 14.9. The van der Waals surface area contributed by atoms with E-state index in [0.717, 1.165) is 23.5 Å². The Morgan fingerprint density at radius 1 is 1.52 bits per heavy atom. The molecule has 2 aromatic rings. The topological polar surface area (TPSA) is 96.3 Å². The molecule has 0 radical (unpaired) electrons. The van der Waals surface area contributed by atoms with Gasteiger partial charge >= 0.3 is 0 Å². The van der Waals surface area contributed by atoms with Gasteiger partial charge in [-0.05, 0) is 26.8 Å². The van der Waals surface area contributed by atoms with Crippen molar-refractivity contribution in [3.05, 3.63) is 34.9 Å². The van der Waals surface area contributed by atoms with Crippen LogP contribution >= 0.6 is 0 Å². The quantitative estimate of drug-likeness (QED) is 0.821. The first-order chi connectivity index (χ1) is 12.0. The number of carbonyl (C=O) groups excluding carboxylic acids is 1. The van der Waals surface area contributed by atoms with Gasteiger partial charge in [-0.2, -0.15) is 10.2 Å². The van der Waals surface area contributed by atoms with Crippen LogP contribution in [-0.4, -0.2) is 55.1 Å². The van der Waals surface area contributed by atoms with E-state index in [1.54, 1.807) is 11.1 Å². The summed E-state index contributed by atoms with van der Waals surface area (Å²) < 4.78 is 7.62. The average molecular weight is 347 g/mol. The summed E-state index contributed by atoms with van der Waals surface area (Å²) in [5, 5.41) is 20.8. The number of hydrogen-bond acceptors (Lipinski definition) is 5. The van der Waals surface area contributed by atoms with Gasteiger partial charge in [0, 0.05) is 31.3 Å². The van der Waals surface area contributed by atoms with Crippen molar-refractivity contribution < 1.29 is 14.6 Å². The Hall–Kier alpha value is -2.19. The molecule has 2 N–H and O–H groups in total. The third kappa shape index (κ3) is 3.45. The third-order valence-electron chi connectivity index (χ3n) is 4.55. The Labute approximate surface area is 146 Å². The highest BCUT2D eigenvalue weighted by atomic mass is 16.5. The van der Waals surface area contributed by atoms with E-state index in [0.29, 0.717) is 18.7 Å². The number of aliphatic hydroxyl groups is 1. The number of nitrogens with zero attached hydrogens (tertiary/aromatic N) is 4. The molecular weight excluding hydrogens is 322 g/mol. The van der Waals surface area contributed by atoms with Crippen LogP contribution in [0.5, 0.6) is 0 Å². The molecule has 1 aliphatic rings. The predicted octanol–water partition coefficient (Wildman–Crippen LogP) is 1.28. The molecule has 0 unspecified atom stereocenters. The van der Waals surface area contributed by atoms with Crippen LogP contribution in [0.3, 0.4) is 0 Å². The SMILES string of the molecule is CCn1nccc1CN(CCO)C(=O)c1n[nH]c2c1C[C@H](C)O[C@@H]2C. The molecule has 0 aliphatic carbocycles. The number of amides is 1. The van der Waals surface area contributed by atoms with Gasteiger partial charge < -0.3 is 14.7 Å². The maximum absolute atomic E-state index is 13.1. The fourth-order valence-electron chi connectivity index (χ4n) is 3.35. The van der Waals surface area contributed by atoms with Gasteiger partial charge in [0.15, 0.2) is 5.69 Å². The number of aromatic amines is 1. The number of carbonyl (C=O) groups is 1. The van der Waals surface area contributed by atoms with Gasteiger partial charge in [-0.25, -0.2) is 0 Å². The molecule has 3 rings (SSSR count). The second-order valence-electron chi connectivity index (χ2n) is 6.35. The van der Waals surface area contributed by atoms with Gasteiger partial charge in [-0.1, -0.05) is 0 Å². The van der Waals surface area contributed by atoms with Crippen molar-refractivity contribution in [2.45, 2.75) is 52.5 Å². The molecule has 2 atom stereocenters. The molecule has 0 saturated carbocycles. The summed E-state index contributed by atoms with van der Waals surface area (Å²) in [6.45, 7) is 7.20. The molecule has 8 nitrogen and oxygen atoms in total. The zero-order chi connectivity index (χ0) is 18.0. The second-order valence-corrected chi connectivity index (χ2v) is 6.35. The predicted molar refractivity (Wildman–Crippen MR) is 91.0 cm³/mol. The number of ether oxygens (including phenoxy) is 1. The minimum atomic E-state index is -0.184. The molecule has 0 bridgehead atoms. The molecule has 136 valence electrons. The van der Waals surface area contributed by atoms with Crippen LogP contribution in [0.4, 0.5) is 0 Å². The van der Waals surface area contributed by atoms with E-state index in [-0.39, 0.29) is 31.3 Å². The first-order valence-corrected chi connectivity index (χ1v) is 8.68. The van der Waals surface area contributed by atoms with Gasteiger partial charge in [-0.15, -0.1) is 0 Å². The third-order valence-corrected chi connectivity index (χ3v) is 4.55. The lowest BCUT2D eigenvalue weighted by Gasteiger charge is -2.26. The fraction of sp³-hybridized carbons (Fsp3) is 0.588. The van der Waals surface area contributed by atoms with Crippen LogP contribution < -0.4 is 0 Å². The van der Waals surface area contributed by atoms with Crippen molar-refractivity contribution in [1.29, 1.82) is 0 Å². The maximum Gasteiger partial charge on any atom is 0.275 e. The van der Waals surface area contributed by atoms with Gasteiger partial charge in [-0.3, -0.25) is 14.6 Å². The molecule has 0 aromatic carbocycles. The van der Waals surface area contributed by atoms with E-state index in [4.69, 9.17) is 4.74 Å². The van der Waals surface area contributed by atoms with Crippen molar-refractivity contribution in [2.75, 3.05) is 13.2 Å². The summed E-state index contributed by atoms with van der Waals surface area (Å²) in [7, 11) is 0. The molecule has 0 saturated heterocycles. The number of aromatic nitrogens is 4. The summed E-state index contributed by atoms with van der Waals surface area (Å²) in [5.74, 6) is -0.184. The minimum absolute atomic E-state index is 0.0412. The number of aliphatic hydroxyl groups excluding tert-OH is 1. The summed E-state index contributed by atoms with van der Waals surface area (Å²) in [4.78, 5) is 14.7. The molecule has 3 heterocycles. The highest BCUT2D eigenvalue weighted by Gasteiger charge is 2.31. The Morgan fingerprint density at radius 3 is 3.04 bits per heavy atom. The Morgan fingerprint density at radius 2 is 2.32 bits per heavy atom. The molecule has 8 heteroatoms. The molecule has 1 amide bonds.